The predicted molar refractivity (Wildman–Crippen MR) is 97.2 cm³/mol. The molecule has 2 saturated heterocycles. The summed E-state index contributed by atoms with van der Waals surface area (Å²) < 4.78 is 46.9. The molecule has 0 radical (unpaired) electrons. The third kappa shape index (κ3) is 4.44. The molecule has 0 N–H and O–H groups in total. The lowest BCUT2D eigenvalue weighted by Gasteiger charge is -2.57. The monoisotopic (exact) mass is 388 g/mol. The van der Waals surface area contributed by atoms with Gasteiger partial charge in [0.2, 0.25) is 11.6 Å². The number of ether oxygens (including phenoxy) is 8. The first-order valence-corrected chi connectivity index (χ1v) is 8.95. The summed E-state index contributed by atoms with van der Waals surface area (Å²) in [6.07, 6.45) is 0.589. The molecule has 2 rings (SSSR count). The Kier molecular flexibility index (Phi) is 7.96. The first kappa shape index (κ1) is 22.4. The third-order valence-electron chi connectivity index (χ3n) is 5.07. The smallest absolute Gasteiger partial charge is 0.220 e. The van der Waals surface area contributed by atoms with Crippen LogP contribution < -0.4 is 0 Å². The minimum absolute atomic E-state index is 0.272. The number of rotatable bonds is 10. The molecule has 0 spiro atoms. The van der Waals surface area contributed by atoms with E-state index in [0.29, 0.717) is 13.2 Å². The van der Waals surface area contributed by atoms with E-state index in [1.807, 2.05) is 0 Å². The van der Waals surface area contributed by atoms with Crippen LogP contribution in [0, 0.1) is 0 Å². The Balaban J connectivity index is 2.34. The predicted octanol–water partition coefficient (Wildman–Crippen LogP) is 1.64. The zero-order valence-corrected chi connectivity index (χ0v) is 16.8. The van der Waals surface area contributed by atoms with Gasteiger partial charge >= 0.3 is 0 Å². The van der Waals surface area contributed by atoms with Crippen LogP contribution in [-0.4, -0.2) is 83.4 Å². The molecular formula is C19H32O8. The maximum absolute atomic E-state index is 6.34. The Labute approximate surface area is 161 Å². The van der Waals surface area contributed by atoms with Crippen molar-refractivity contribution in [3.63, 3.8) is 0 Å². The van der Waals surface area contributed by atoms with Gasteiger partial charge in [-0.2, -0.15) is 0 Å². The Bertz CT molecular complexity index is 500. The van der Waals surface area contributed by atoms with E-state index < -0.39 is 42.3 Å². The highest BCUT2D eigenvalue weighted by Crippen LogP contribution is 2.44. The van der Waals surface area contributed by atoms with E-state index in [1.165, 1.54) is 7.11 Å². The molecule has 0 aromatic heterocycles. The van der Waals surface area contributed by atoms with E-state index >= 15 is 0 Å². The molecule has 0 aliphatic carbocycles. The van der Waals surface area contributed by atoms with Crippen LogP contribution >= 0.6 is 0 Å². The van der Waals surface area contributed by atoms with Crippen molar-refractivity contribution in [2.45, 2.75) is 56.1 Å². The van der Waals surface area contributed by atoms with E-state index in [1.54, 1.807) is 40.2 Å². The van der Waals surface area contributed by atoms with Crippen molar-refractivity contribution < 1.29 is 37.9 Å². The fraction of sp³-hybridized carbons (Fsp3) is 0.789. The van der Waals surface area contributed by atoms with Crippen molar-refractivity contribution in [2.75, 3.05) is 41.2 Å². The first-order chi connectivity index (χ1) is 12.9. The number of methoxy groups -OCH3 is 3. The van der Waals surface area contributed by atoms with E-state index in [-0.39, 0.29) is 6.61 Å². The summed E-state index contributed by atoms with van der Waals surface area (Å²) in [6.45, 7) is 11.8. The van der Waals surface area contributed by atoms with E-state index in [4.69, 9.17) is 37.9 Å². The van der Waals surface area contributed by atoms with Crippen LogP contribution in [-0.2, 0) is 37.9 Å². The molecule has 27 heavy (non-hydrogen) atoms. The molecular weight excluding hydrogens is 356 g/mol. The molecule has 0 bridgehead atoms. The third-order valence-corrected chi connectivity index (χ3v) is 5.07. The zero-order valence-electron chi connectivity index (χ0n) is 16.8. The van der Waals surface area contributed by atoms with Gasteiger partial charge < -0.3 is 37.9 Å². The second kappa shape index (κ2) is 9.58. The van der Waals surface area contributed by atoms with Gasteiger partial charge in [-0.15, -0.1) is 13.2 Å². The largest absolute Gasteiger partial charge is 0.375 e. The number of hydrogen-bond donors (Lipinski definition) is 0. The quantitative estimate of drug-likeness (QED) is 0.413. The lowest BCUT2D eigenvalue weighted by molar-refractivity contribution is -0.480. The summed E-state index contributed by atoms with van der Waals surface area (Å²) in [7, 11) is 4.63. The number of fused-ring (bicyclic) bond motifs is 1. The van der Waals surface area contributed by atoms with Gasteiger partial charge in [0.25, 0.3) is 0 Å². The van der Waals surface area contributed by atoms with Crippen molar-refractivity contribution in [2.24, 2.45) is 0 Å². The number of hydrogen-bond acceptors (Lipinski definition) is 8. The van der Waals surface area contributed by atoms with E-state index in [2.05, 4.69) is 13.2 Å². The zero-order chi connectivity index (χ0) is 20.1. The molecule has 8 nitrogen and oxygen atoms in total. The van der Waals surface area contributed by atoms with Crippen molar-refractivity contribution in [1.29, 1.82) is 0 Å². The van der Waals surface area contributed by atoms with Gasteiger partial charge in [-0.25, -0.2) is 0 Å². The Morgan fingerprint density at radius 3 is 2.04 bits per heavy atom. The van der Waals surface area contributed by atoms with Crippen molar-refractivity contribution in [1.82, 2.24) is 0 Å². The van der Waals surface area contributed by atoms with E-state index in [0.717, 1.165) is 0 Å². The molecule has 2 heterocycles. The highest BCUT2D eigenvalue weighted by Gasteiger charge is 2.62. The Morgan fingerprint density at radius 1 is 0.926 bits per heavy atom. The van der Waals surface area contributed by atoms with Gasteiger partial charge in [0.1, 0.15) is 24.4 Å². The second-order valence-electron chi connectivity index (χ2n) is 6.66. The van der Waals surface area contributed by atoms with Gasteiger partial charge in [0, 0.05) is 21.3 Å². The molecule has 8 heteroatoms. The molecule has 2 fully saturated rings. The molecule has 0 saturated carbocycles. The summed E-state index contributed by atoms with van der Waals surface area (Å²) in [5.74, 6) is -2.33. The van der Waals surface area contributed by atoms with Crippen LogP contribution in [0.1, 0.15) is 13.8 Å². The molecule has 7 atom stereocenters. The first-order valence-electron chi connectivity index (χ1n) is 8.95. The molecule has 0 amide bonds. The average molecular weight is 388 g/mol. The maximum Gasteiger partial charge on any atom is 0.220 e. The van der Waals surface area contributed by atoms with Gasteiger partial charge in [-0.05, 0) is 13.8 Å². The van der Waals surface area contributed by atoms with Crippen LogP contribution in [0.15, 0.2) is 25.3 Å². The summed E-state index contributed by atoms with van der Waals surface area (Å²) in [5.41, 5.74) is 0. The molecule has 0 aromatic rings. The van der Waals surface area contributed by atoms with Crippen LogP contribution in [0.4, 0.5) is 0 Å². The molecule has 2 aliphatic heterocycles. The van der Waals surface area contributed by atoms with Gasteiger partial charge in [0.15, 0.2) is 6.29 Å². The van der Waals surface area contributed by atoms with Crippen LogP contribution in [0.2, 0.25) is 0 Å². The van der Waals surface area contributed by atoms with Gasteiger partial charge in [0.05, 0.1) is 19.8 Å². The summed E-state index contributed by atoms with van der Waals surface area (Å²) in [6, 6.07) is 0. The fourth-order valence-corrected chi connectivity index (χ4v) is 3.30. The highest BCUT2D eigenvalue weighted by atomic mass is 16.8. The summed E-state index contributed by atoms with van der Waals surface area (Å²) >= 11 is 0. The SMILES string of the molecule is C=CCOC[C@H]1O[C@H](OC)[C@H](OCC=C)[C@H]2O[C@](C)(OC)[C@@](C)(OC)O[C@@H]21. The minimum Gasteiger partial charge on any atom is -0.375 e. The van der Waals surface area contributed by atoms with Gasteiger partial charge in [-0.3, -0.25) is 0 Å². The van der Waals surface area contributed by atoms with Crippen molar-refractivity contribution in [3.8, 4) is 0 Å². The van der Waals surface area contributed by atoms with Crippen LogP contribution in [0.5, 0.6) is 0 Å². The molecule has 0 unspecified atom stereocenters. The maximum atomic E-state index is 6.34. The lowest BCUT2D eigenvalue weighted by atomic mass is 9.94. The molecule has 156 valence electrons. The average Bonchev–Trinajstić information content (AvgIpc) is 2.68. The lowest BCUT2D eigenvalue weighted by Crippen LogP contribution is -2.73. The minimum atomic E-state index is -1.17. The fourth-order valence-electron chi connectivity index (χ4n) is 3.30. The Hall–Kier alpha value is -0.840. The Morgan fingerprint density at radius 2 is 1.52 bits per heavy atom. The summed E-state index contributed by atoms with van der Waals surface area (Å²) in [4.78, 5) is 0. The van der Waals surface area contributed by atoms with Gasteiger partial charge in [-0.1, -0.05) is 12.2 Å². The normalized spacial score (nSPS) is 41.7. The molecule has 0 aromatic carbocycles. The van der Waals surface area contributed by atoms with Crippen molar-refractivity contribution in [3.05, 3.63) is 25.3 Å². The van der Waals surface area contributed by atoms with Crippen LogP contribution in [0.25, 0.3) is 0 Å². The van der Waals surface area contributed by atoms with Crippen molar-refractivity contribution >= 4 is 0 Å². The summed E-state index contributed by atoms with van der Waals surface area (Å²) in [5, 5.41) is 0. The topological polar surface area (TPSA) is 73.8 Å². The van der Waals surface area contributed by atoms with Crippen LogP contribution in [0.3, 0.4) is 0 Å². The van der Waals surface area contributed by atoms with E-state index in [9.17, 15) is 0 Å². The highest BCUT2D eigenvalue weighted by molar-refractivity contribution is 5.01. The molecule has 2 aliphatic rings. The second-order valence-corrected chi connectivity index (χ2v) is 6.66. The standard InChI is InChI=1S/C19H32O8/c1-8-10-23-12-13-14-15(16(24-11-9-2)17(20-5)25-13)27-19(4,22-7)18(3,21-6)26-14/h8-9,13-17H,1-2,10-12H2,3-7H3/t13-,14-,15+,16-,17+,18+,19+/m1/s1.